The van der Waals surface area contributed by atoms with Crippen molar-refractivity contribution in [2.75, 3.05) is 19.1 Å². The van der Waals surface area contributed by atoms with Crippen LogP contribution in [0.15, 0.2) is 58.4 Å². The van der Waals surface area contributed by atoms with E-state index in [1.165, 1.54) is 0 Å². The van der Waals surface area contributed by atoms with Crippen LogP contribution < -0.4 is 20.5 Å². The van der Waals surface area contributed by atoms with Crippen LogP contribution in [0.5, 0.6) is 11.5 Å². The van der Waals surface area contributed by atoms with E-state index in [2.05, 4.69) is 39.6 Å². The second-order valence-corrected chi connectivity index (χ2v) is 6.69. The van der Waals surface area contributed by atoms with Gasteiger partial charge >= 0.3 is 0 Å². The standard InChI is InChI=1S/C21H23N5O3/c1-14(2)13-29-18-7-5-4-6-16(18)12-22-25-21-23-20(27)19(24-26-21)15-8-10-17(28-3)11-9-15/h4-12,14H,13H2,1-3H3,(H2,23,25,26,27)/b22-12+. The van der Waals surface area contributed by atoms with Gasteiger partial charge in [0.15, 0.2) is 5.69 Å². The minimum absolute atomic E-state index is 0.143. The van der Waals surface area contributed by atoms with Crippen molar-refractivity contribution in [1.29, 1.82) is 0 Å². The summed E-state index contributed by atoms with van der Waals surface area (Å²) < 4.78 is 10.9. The second-order valence-electron chi connectivity index (χ2n) is 6.69. The molecule has 8 heteroatoms. The summed E-state index contributed by atoms with van der Waals surface area (Å²) in [6, 6.07) is 14.6. The van der Waals surface area contributed by atoms with Gasteiger partial charge in [0.25, 0.3) is 5.56 Å². The Bertz CT molecular complexity index is 1030. The number of methoxy groups -OCH3 is 1. The fourth-order valence-corrected chi connectivity index (χ4v) is 2.46. The lowest BCUT2D eigenvalue weighted by Gasteiger charge is -2.10. The van der Waals surface area contributed by atoms with Gasteiger partial charge in [-0.3, -0.25) is 9.78 Å². The Morgan fingerprint density at radius 3 is 2.59 bits per heavy atom. The molecule has 29 heavy (non-hydrogen) atoms. The number of anilines is 1. The van der Waals surface area contributed by atoms with Gasteiger partial charge < -0.3 is 9.47 Å². The number of rotatable bonds is 8. The molecule has 0 aliphatic rings. The Morgan fingerprint density at radius 2 is 1.90 bits per heavy atom. The lowest BCUT2D eigenvalue weighted by molar-refractivity contribution is 0.271. The van der Waals surface area contributed by atoms with Gasteiger partial charge in [-0.05, 0) is 42.3 Å². The Balaban J connectivity index is 1.70. The SMILES string of the molecule is COc1ccc(-c2nnc(N/N=C/c3ccccc3OCC(C)C)[nH]c2=O)cc1. The Labute approximate surface area is 168 Å². The number of para-hydroxylation sites is 1. The lowest BCUT2D eigenvalue weighted by Crippen LogP contribution is -2.15. The van der Waals surface area contributed by atoms with Gasteiger partial charge in [0.05, 0.1) is 19.9 Å². The zero-order valence-electron chi connectivity index (χ0n) is 16.5. The number of hydrazone groups is 1. The van der Waals surface area contributed by atoms with Crippen molar-refractivity contribution >= 4 is 12.2 Å². The van der Waals surface area contributed by atoms with Crippen molar-refractivity contribution in [3.63, 3.8) is 0 Å². The van der Waals surface area contributed by atoms with E-state index in [1.54, 1.807) is 37.6 Å². The minimum Gasteiger partial charge on any atom is -0.497 e. The van der Waals surface area contributed by atoms with Gasteiger partial charge in [-0.1, -0.05) is 26.0 Å². The van der Waals surface area contributed by atoms with E-state index in [4.69, 9.17) is 9.47 Å². The third-order valence-corrected chi connectivity index (χ3v) is 3.93. The first-order valence-electron chi connectivity index (χ1n) is 9.19. The van der Waals surface area contributed by atoms with Crippen molar-refractivity contribution in [2.45, 2.75) is 13.8 Å². The van der Waals surface area contributed by atoms with Crippen LogP contribution in [0.4, 0.5) is 5.95 Å². The van der Waals surface area contributed by atoms with E-state index in [-0.39, 0.29) is 17.2 Å². The number of H-pyrrole nitrogens is 1. The summed E-state index contributed by atoms with van der Waals surface area (Å²) in [6.07, 6.45) is 1.60. The first-order chi connectivity index (χ1) is 14.1. The Morgan fingerprint density at radius 1 is 1.14 bits per heavy atom. The van der Waals surface area contributed by atoms with E-state index in [9.17, 15) is 4.79 Å². The van der Waals surface area contributed by atoms with Gasteiger partial charge in [0.1, 0.15) is 11.5 Å². The third-order valence-electron chi connectivity index (χ3n) is 3.93. The van der Waals surface area contributed by atoms with Crippen LogP contribution >= 0.6 is 0 Å². The highest BCUT2D eigenvalue weighted by atomic mass is 16.5. The number of hydrogen-bond acceptors (Lipinski definition) is 7. The normalized spacial score (nSPS) is 11.0. The fourth-order valence-electron chi connectivity index (χ4n) is 2.46. The van der Waals surface area contributed by atoms with Crippen LogP contribution in [-0.2, 0) is 0 Å². The summed E-state index contributed by atoms with van der Waals surface area (Å²) in [5.74, 6) is 2.00. The molecule has 0 spiro atoms. The van der Waals surface area contributed by atoms with E-state index in [1.807, 2.05) is 24.3 Å². The van der Waals surface area contributed by atoms with Gasteiger partial charge in [-0.15, -0.1) is 10.2 Å². The fraction of sp³-hybridized carbons (Fsp3) is 0.238. The number of ether oxygens (including phenoxy) is 2. The maximum atomic E-state index is 12.3. The maximum Gasteiger partial charge on any atom is 0.279 e. The molecule has 0 amide bonds. The molecule has 150 valence electrons. The molecule has 0 radical (unpaired) electrons. The van der Waals surface area contributed by atoms with E-state index >= 15 is 0 Å². The van der Waals surface area contributed by atoms with Crippen molar-refractivity contribution in [2.24, 2.45) is 11.0 Å². The molecule has 0 atom stereocenters. The van der Waals surface area contributed by atoms with Crippen molar-refractivity contribution in [3.05, 3.63) is 64.4 Å². The molecule has 0 saturated heterocycles. The first-order valence-corrected chi connectivity index (χ1v) is 9.19. The zero-order valence-corrected chi connectivity index (χ0v) is 16.5. The first kappa shape index (κ1) is 20.1. The van der Waals surface area contributed by atoms with Crippen LogP contribution in [0.2, 0.25) is 0 Å². The summed E-state index contributed by atoms with van der Waals surface area (Å²) in [5.41, 5.74) is 3.99. The molecule has 2 N–H and O–H groups in total. The molecule has 3 aromatic rings. The van der Waals surface area contributed by atoms with Crippen molar-refractivity contribution in [1.82, 2.24) is 15.2 Å². The molecule has 0 fully saturated rings. The topological polar surface area (TPSA) is 101 Å². The number of nitrogens with zero attached hydrogens (tertiary/aromatic N) is 3. The van der Waals surface area contributed by atoms with Crippen molar-refractivity contribution in [3.8, 4) is 22.8 Å². The molecule has 1 aromatic heterocycles. The largest absolute Gasteiger partial charge is 0.497 e. The van der Waals surface area contributed by atoms with Gasteiger partial charge in [0.2, 0.25) is 5.95 Å². The Hall–Kier alpha value is -3.68. The predicted octanol–water partition coefficient (Wildman–Crippen LogP) is 3.32. The molecular formula is C21H23N5O3. The average Bonchev–Trinajstić information content (AvgIpc) is 2.73. The molecule has 3 rings (SSSR count). The maximum absolute atomic E-state index is 12.3. The van der Waals surface area contributed by atoms with Gasteiger partial charge in [-0.25, -0.2) is 5.43 Å². The summed E-state index contributed by atoms with van der Waals surface area (Å²) in [4.78, 5) is 15.0. The molecule has 0 bridgehead atoms. The summed E-state index contributed by atoms with van der Waals surface area (Å²) in [7, 11) is 1.58. The quantitative estimate of drug-likeness (QED) is 0.450. The number of benzene rings is 2. The molecule has 0 unspecified atom stereocenters. The number of aromatic nitrogens is 3. The molecule has 0 saturated carbocycles. The molecule has 2 aromatic carbocycles. The molecule has 8 nitrogen and oxygen atoms in total. The van der Waals surface area contributed by atoms with Crippen LogP contribution in [0.25, 0.3) is 11.3 Å². The summed E-state index contributed by atoms with van der Waals surface area (Å²) in [6.45, 7) is 4.79. The Kier molecular flexibility index (Phi) is 6.57. The van der Waals surface area contributed by atoms with Crippen LogP contribution in [-0.4, -0.2) is 35.1 Å². The smallest absolute Gasteiger partial charge is 0.279 e. The number of nitrogens with one attached hydrogen (secondary N) is 2. The van der Waals surface area contributed by atoms with E-state index in [0.29, 0.717) is 23.8 Å². The molecule has 0 aliphatic carbocycles. The molecule has 0 aliphatic heterocycles. The highest BCUT2D eigenvalue weighted by Crippen LogP contribution is 2.18. The monoisotopic (exact) mass is 393 g/mol. The zero-order chi connectivity index (χ0) is 20.6. The van der Waals surface area contributed by atoms with Crippen LogP contribution in [0, 0.1) is 5.92 Å². The highest BCUT2D eigenvalue weighted by Gasteiger charge is 2.08. The predicted molar refractivity (Wildman–Crippen MR) is 113 cm³/mol. The number of aromatic amines is 1. The summed E-state index contributed by atoms with van der Waals surface area (Å²) >= 11 is 0. The lowest BCUT2D eigenvalue weighted by atomic mass is 10.1. The second kappa shape index (κ2) is 9.50. The molecular weight excluding hydrogens is 370 g/mol. The van der Waals surface area contributed by atoms with E-state index in [0.717, 1.165) is 11.3 Å². The average molecular weight is 393 g/mol. The van der Waals surface area contributed by atoms with Crippen LogP contribution in [0.1, 0.15) is 19.4 Å². The van der Waals surface area contributed by atoms with Crippen molar-refractivity contribution < 1.29 is 9.47 Å². The van der Waals surface area contributed by atoms with E-state index < -0.39 is 0 Å². The van der Waals surface area contributed by atoms with Gasteiger partial charge in [0, 0.05) is 11.1 Å². The van der Waals surface area contributed by atoms with Gasteiger partial charge in [-0.2, -0.15) is 5.10 Å². The number of hydrogen-bond donors (Lipinski definition) is 2. The summed E-state index contributed by atoms with van der Waals surface area (Å²) in [5, 5.41) is 12.1. The molecule has 1 heterocycles. The van der Waals surface area contributed by atoms with Crippen LogP contribution in [0.3, 0.4) is 0 Å². The highest BCUT2D eigenvalue weighted by molar-refractivity contribution is 5.83. The minimum atomic E-state index is -0.372. The third kappa shape index (κ3) is 5.41.